The fraction of sp³-hybridized carbons (Fsp3) is 0.417. The average Bonchev–Trinajstić information content (AvgIpc) is 2.66. The van der Waals surface area contributed by atoms with Gasteiger partial charge in [0.25, 0.3) is 0 Å². The first-order valence-corrected chi connectivity index (χ1v) is 6.02. The summed E-state index contributed by atoms with van der Waals surface area (Å²) in [4.78, 5) is 29.0. The lowest BCUT2D eigenvalue weighted by atomic mass is 10.1. The Morgan fingerprint density at radius 1 is 1.61 bits per heavy atom. The molecule has 0 bridgehead atoms. The van der Waals surface area contributed by atoms with Crippen LogP contribution in [0.3, 0.4) is 0 Å². The van der Waals surface area contributed by atoms with Crippen molar-refractivity contribution < 1.29 is 9.59 Å². The van der Waals surface area contributed by atoms with Crippen molar-refractivity contribution in [1.29, 1.82) is 0 Å². The minimum atomic E-state index is -0.313. The van der Waals surface area contributed by atoms with Crippen molar-refractivity contribution in [2.75, 3.05) is 18.9 Å². The molecule has 5 nitrogen and oxygen atoms in total. The second kappa shape index (κ2) is 4.94. The fourth-order valence-corrected chi connectivity index (χ4v) is 2.08. The number of hydrogen-bond acceptors (Lipinski definition) is 3. The lowest BCUT2D eigenvalue weighted by molar-refractivity contribution is -0.127. The molecule has 0 saturated carbocycles. The smallest absolute Gasteiger partial charge is 0.229 e. The molecule has 1 aliphatic heterocycles. The van der Waals surface area contributed by atoms with Gasteiger partial charge in [-0.1, -0.05) is 11.6 Å². The molecule has 1 aromatic rings. The second-order valence-corrected chi connectivity index (χ2v) is 4.80. The lowest BCUT2D eigenvalue weighted by Crippen LogP contribution is -2.25. The van der Waals surface area contributed by atoms with Crippen LogP contribution in [0.25, 0.3) is 0 Å². The minimum Gasteiger partial charge on any atom is -0.345 e. The number of rotatable bonds is 2. The van der Waals surface area contributed by atoms with Gasteiger partial charge in [0.2, 0.25) is 11.8 Å². The van der Waals surface area contributed by atoms with E-state index in [0.29, 0.717) is 22.9 Å². The second-order valence-electron chi connectivity index (χ2n) is 4.42. The molecule has 1 atom stereocenters. The summed E-state index contributed by atoms with van der Waals surface area (Å²) < 4.78 is 0. The predicted octanol–water partition coefficient (Wildman–Crippen LogP) is 1.46. The molecule has 0 aliphatic carbocycles. The molecule has 1 fully saturated rings. The van der Waals surface area contributed by atoms with Gasteiger partial charge in [-0.05, 0) is 13.0 Å². The highest BCUT2D eigenvalue weighted by molar-refractivity contribution is 6.34. The van der Waals surface area contributed by atoms with Crippen LogP contribution in [-0.2, 0) is 9.59 Å². The van der Waals surface area contributed by atoms with E-state index in [4.69, 9.17) is 11.6 Å². The first-order chi connectivity index (χ1) is 8.49. The summed E-state index contributed by atoms with van der Waals surface area (Å²) in [6, 6.07) is 1.65. The average molecular weight is 268 g/mol. The quantitative estimate of drug-likeness (QED) is 0.882. The van der Waals surface area contributed by atoms with Crippen molar-refractivity contribution in [2.45, 2.75) is 13.3 Å². The number of nitrogens with one attached hydrogen (secondary N) is 1. The van der Waals surface area contributed by atoms with Gasteiger partial charge in [0.1, 0.15) is 0 Å². The first kappa shape index (κ1) is 12.8. The summed E-state index contributed by atoms with van der Waals surface area (Å²) in [6.07, 6.45) is 1.84. The monoisotopic (exact) mass is 267 g/mol. The fourth-order valence-electron chi connectivity index (χ4n) is 1.92. The maximum absolute atomic E-state index is 12.0. The van der Waals surface area contributed by atoms with Crippen molar-refractivity contribution in [2.24, 2.45) is 5.92 Å². The first-order valence-electron chi connectivity index (χ1n) is 5.65. The van der Waals surface area contributed by atoms with E-state index in [-0.39, 0.29) is 24.2 Å². The number of aromatic nitrogens is 1. The molecule has 6 heteroatoms. The summed E-state index contributed by atoms with van der Waals surface area (Å²) in [7, 11) is 1.69. The van der Waals surface area contributed by atoms with Crippen molar-refractivity contribution in [3.8, 4) is 0 Å². The zero-order valence-electron chi connectivity index (χ0n) is 10.2. The molecule has 1 saturated heterocycles. The third-order valence-corrected chi connectivity index (χ3v) is 3.51. The third-order valence-electron chi connectivity index (χ3n) is 3.03. The van der Waals surface area contributed by atoms with E-state index >= 15 is 0 Å². The van der Waals surface area contributed by atoms with Crippen LogP contribution >= 0.6 is 11.6 Å². The highest BCUT2D eigenvalue weighted by Crippen LogP contribution is 2.25. The van der Waals surface area contributed by atoms with Crippen molar-refractivity contribution >= 4 is 29.1 Å². The van der Waals surface area contributed by atoms with Gasteiger partial charge in [-0.15, -0.1) is 0 Å². The summed E-state index contributed by atoms with van der Waals surface area (Å²) in [5.41, 5.74) is 1.20. The van der Waals surface area contributed by atoms with E-state index in [1.54, 1.807) is 31.1 Å². The molecular formula is C12H14ClN3O2. The van der Waals surface area contributed by atoms with E-state index in [9.17, 15) is 9.59 Å². The molecule has 18 heavy (non-hydrogen) atoms. The number of aryl methyl sites for hydroxylation is 1. The number of nitrogens with zero attached hydrogens (tertiary/aromatic N) is 2. The van der Waals surface area contributed by atoms with Gasteiger partial charge >= 0.3 is 0 Å². The molecular weight excluding hydrogens is 254 g/mol. The maximum Gasteiger partial charge on any atom is 0.229 e. The van der Waals surface area contributed by atoms with E-state index in [1.807, 2.05) is 0 Å². The normalized spacial score (nSPS) is 19.2. The van der Waals surface area contributed by atoms with E-state index in [0.717, 1.165) is 0 Å². The number of halogens is 1. The Labute approximate surface area is 110 Å². The SMILES string of the molecule is Cc1nccc(NC(=O)[C@H]2CC(=O)N(C)C2)c1Cl. The highest BCUT2D eigenvalue weighted by atomic mass is 35.5. The van der Waals surface area contributed by atoms with E-state index < -0.39 is 0 Å². The molecule has 1 aromatic heterocycles. The van der Waals surface area contributed by atoms with Crippen molar-refractivity contribution in [1.82, 2.24) is 9.88 Å². The molecule has 2 heterocycles. The molecule has 96 valence electrons. The Morgan fingerprint density at radius 2 is 2.33 bits per heavy atom. The summed E-state index contributed by atoms with van der Waals surface area (Å²) in [5.74, 6) is -0.501. The zero-order valence-corrected chi connectivity index (χ0v) is 11.0. The number of carbonyl (C=O) groups is 2. The highest BCUT2D eigenvalue weighted by Gasteiger charge is 2.32. The van der Waals surface area contributed by atoms with Crippen LogP contribution in [0.5, 0.6) is 0 Å². The Kier molecular flexibility index (Phi) is 3.52. The molecule has 2 rings (SSSR count). The van der Waals surface area contributed by atoms with Crippen molar-refractivity contribution in [3.63, 3.8) is 0 Å². The largest absolute Gasteiger partial charge is 0.345 e. The van der Waals surface area contributed by atoms with Gasteiger partial charge in [0.15, 0.2) is 0 Å². The van der Waals surface area contributed by atoms with E-state index in [2.05, 4.69) is 10.3 Å². The Morgan fingerprint density at radius 3 is 2.94 bits per heavy atom. The molecule has 0 unspecified atom stereocenters. The van der Waals surface area contributed by atoms with E-state index in [1.165, 1.54) is 0 Å². The van der Waals surface area contributed by atoms with Crippen LogP contribution in [0.2, 0.25) is 5.02 Å². The van der Waals surface area contributed by atoms with Gasteiger partial charge < -0.3 is 10.2 Å². The molecule has 0 radical (unpaired) electrons. The zero-order chi connectivity index (χ0) is 13.3. The number of likely N-dealkylation sites (tertiary alicyclic amines) is 1. The van der Waals surface area contributed by atoms with Crippen LogP contribution in [-0.4, -0.2) is 35.3 Å². The van der Waals surface area contributed by atoms with Gasteiger partial charge in [-0.25, -0.2) is 0 Å². The van der Waals surface area contributed by atoms with Gasteiger partial charge in [0, 0.05) is 26.2 Å². The standard InChI is InChI=1S/C12H14ClN3O2/c1-7-11(13)9(3-4-14-7)15-12(18)8-5-10(17)16(2)6-8/h3-4,8H,5-6H2,1-2H3,(H,14,15,18)/t8-/m0/s1. The Bertz CT molecular complexity index is 504. The third kappa shape index (κ3) is 2.46. The maximum atomic E-state index is 12.0. The lowest BCUT2D eigenvalue weighted by Gasteiger charge is -2.12. The molecule has 1 N–H and O–H groups in total. The Hall–Kier alpha value is -1.62. The van der Waals surface area contributed by atoms with Crippen LogP contribution in [0.1, 0.15) is 12.1 Å². The molecule has 1 aliphatic rings. The number of carbonyl (C=O) groups excluding carboxylic acids is 2. The van der Waals surface area contributed by atoms with Gasteiger partial charge in [-0.3, -0.25) is 14.6 Å². The van der Waals surface area contributed by atoms with Crippen LogP contribution < -0.4 is 5.32 Å². The summed E-state index contributed by atoms with van der Waals surface area (Å²) >= 11 is 6.05. The molecule has 0 spiro atoms. The number of hydrogen-bond donors (Lipinski definition) is 1. The van der Waals surface area contributed by atoms with Crippen LogP contribution in [0, 0.1) is 12.8 Å². The van der Waals surface area contributed by atoms with Gasteiger partial charge in [-0.2, -0.15) is 0 Å². The molecule has 2 amide bonds. The number of anilines is 1. The number of pyridine rings is 1. The van der Waals surface area contributed by atoms with Gasteiger partial charge in [0.05, 0.1) is 22.3 Å². The van der Waals surface area contributed by atoms with Crippen LogP contribution in [0.15, 0.2) is 12.3 Å². The molecule has 0 aromatic carbocycles. The van der Waals surface area contributed by atoms with Crippen LogP contribution in [0.4, 0.5) is 5.69 Å². The summed E-state index contributed by atoms with van der Waals surface area (Å²) in [5, 5.41) is 3.18. The topological polar surface area (TPSA) is 62.3 Å². The predicted molar refractivity (Wildman–Crippen MR) is 68.4 cm³/mol. The van der Waals surface area contributed by atoms with Crippen molar-refractivity contribution in [3.05, 3.63) is 23.0 Å². The summed E-state index contributed by atoms with van der Waals surface area (Å²) in [6.45, 7) is 2.22. The Balaban J connectivity index is 2.08. The minimum absolute atomic E-state index is 0.00726. The number of amides is 2.